The van der Waals surface area contributed by atoms with Crippen LogP contribution in [0.1, 0.15) is 11.3 Å². The summed E-state index contributed by atoms with van der Waals surface area (Å²) in [5, 5.41) is 8.94. The predicted octanol–water partition coefficient (Wildman–Crippen LogP) is 2.62. The lowest BCUT2D eigenvalue weighted by Gasteiger charge is -2.13. The number of benzene rings is 1. The number of nitrogens with two attached hydrogens (primary N) is 1. The molecule has 5 nitrogen and oxygen atoms in total. The number of methoxy groups -OCH3 is 1. The number of hydrogen-bond acceptors (Lipinski definition) is 5. The second-order valence-corrected chi connectivity index (χ2v) is 4.02. The predicted molar refractivity (Wildman–Crippen MR) is 68.1 cm³/mol. The third kappa shape index (κ3) is 2.72. The van der Waals surface area contributed by atoms with Crippen LogP contribution in [0.25, 0.3) is 11.3 Å². The Morgan fingerprint density at radius 3 is 2.57 bits per heavy atom. The minimum Gasteiger partial charge on any atom is -0.492 e. The summed E-state index contributed by atoms with van der Waals surface area (Å²) in [6, 6.07) is 4.65. The van der Waals surface area contributed by atoms with Crippen molar-refractivity contribution in [3.05, 3.63) is 35.8 Å². The number of anilines is 1. The van der Waals surface area contributed by atoms with Gasteiger partial charge in [0.05, 0.1) is 12.7 Å². The topological polar surface area (TPSA) is 84.8 Å². The Balaban J connectivity index is 2.71. The zero-order valence-electron chi connectivity index (χ0n) is 10.8. The Hall–Kier alpha value is -2.82. The Kier molecular flexibility index (Phi) is 3.67. The van der Waals surface area contributed by atoms with E-state index in [9.17, 15) is 13.2 Å². The average molecular weight is 294 g/mol. The summed E-state index contributed by atoms with van der Waals surface area (Å²) in [6.07, 6.45) is -3.45. The van der Waals surface area contributed by atoms with Gasteiger partial charge in [0.1, 0.15) is 18.1 Å². The molecule has 0 bridgehead atoms. The quantitative estimate of drug-likeness (QED) is 0.861. The monoisotopic (exact) mass is 294 g/mol. The lowest BCUT2D eigenvalue weighted by molar-refractivity contribution is -0.137. The maximum Gasteiger partial charge on any atom is 0.416 e. The van der Waals surface area contributed by atoms with Gasteiger partial charge in [0.25, 0.3) is 0 Å². The molecule has 1 aromatic heterocycles. The molecule has 0 radical (unpaired) electrons. The van der Waals surface area contributed by atoms with Gasteiger partial charge in [-0.15, -0.1) is 0 Å². The van der Waals surface area contributed by atoms with Crippen LogP contribution in [0.15, 0.2) is 24.5 Å². The van der Waals surface area contributed by atoms with Gasteiger partial charge < -0.3 is 10.5 Å². The van der Waals surface area contributed by atoms with Gasteiger partial charge in [-0.05, 0) is 18.2 Å². The number of nitrogen functional groups attached to an aromatic ring is 1. The van der Waals surface area contributed by atoms with Gasteiger partial charge in [-0.2, -0.15) is 18.4 Å². The van der Waals surface area contributed by atoms with Crippen molar-refractivity contribution in [2.24, 2.45) is 0 Å². The number of nitrogens with zero attached hydrogens (tertiary/aromatic N) is 3. The van der Waals surface area contributed by atoms with E-state index in [4.69, 9.17) is 15.7 Å². The number of aromatic nitrogens is 2. The fourth-order valence-electron chi connectivity index (χ4n) is 1.78. The number of alkyl halides is 3. The van der Waals surface area contributed by atoms with E-state index in [1.54, 1.807) is 6.07 Å². The first-order chi connectivity index (χ1) is 9.88. The molecule has 21 heavy (non-hydrogen) atoms. The summed E-state index contributed by atoms with van der Waals surface area (Å²) >= 11 is 0. The fourth-order valence-corrected chi connectivity index (χ4v) is 1.78. The van der Waals surface area contributed by atoms with Crippen molar-refractivity contribution >= 4 is 5.69 Å². The molecular formula is C13H9F3N4O. The normalized spacial score (nSPS) is 11.0. The average Bonchev–Trinajstić information content (AvgIpc) is 2.45. The van der Waals surface area contributed by atoms with Crippen LogP contribution < -0.4 is 10.5 Å². The van der Waals surface area contributed by atoms with E-state index in [2.05, 4.69) is 9.97 Å². The molecule has 0 atom stereocenters. The maximum atomic E-state index is 12.8. The first kappa shape index (κ1) is 14.6. The Labute approximate surface area is 117 Å². The van der Waals surface area contributed by atoms with Crippen molar-refractivity contribution < 1.29 is 17.9 Å². The zero-order valence-corrected chi connectivity index (χ0v) is 10.8. The SMILES string of the molecule is COc1c(C#N)ncnc1-c1cc(C(F)(F)F)ccc1N. The van der Waals surface area contributed by atoms with E-state index in [1.165, 1.54) is 7.11 Å². The van der Waals surface area contributed by atoms with E-state index < -0.39 is 11.7 Å². The smallest absolute Gasteiger partial charge is 0.416 e. The third-order valence-corrected chi connectivity index (χ3v) is 2.75. The summed E-state index contributed by atoms with van der Waals surface area (Å²) in [6.45, 7) is 0. The van der Waals surface area contributed by atoms with Crippen LogP contribution in [0.2, 0.25) is 0 Å². The van der Waals surface area contributed by atoms with Gasteiger partial charge in [0, 0.05) is 11.3 Å². The minimum atomic E-state index is -4.51. The molecule has 1 aromatic carbocycles. The molecule has 2 N–H and O–H groups in total. The van der Waals surface area contributed by atoms with Crippen LogP contribution in [-0.2, 0) is 6.18 Å². The van der Waals surface area contributed by atoms with Crippen LogP contribution in [0, 0.1) is 11.3 Å². The number of ether oxygens (including phenoxy) is 1. The summed E-state index contributed by atoms with van der Waals surface area (Å²) in [7, 11) is 1.27. The molecule has 0 amide bonds. The molecule has 0 unspecified atom stereocenters. The second kappa shape index (κ2) is 5.28. The van der Waals surface area contributed by atoms with Gasteiger partial charge >= 0.3 is 6.18 Å². The molecule has 2 rings (SSSR count). The van der Waals surface area contributed by atoms with Gasteiger partial charge in [-0.25, -0.2) is 9.97 Å². The summed E-state index contributed by atoms with van der Waals surface area (Å²) in [5.41, 5.74) is 4.91. The summed E-state index contributed by atoms with van der Waals surface area (Å²) in [5.74, 6) is -0.0222. The van der Waals surface area contributed by atoms with Crippen molar-refractivity contribution in [3.8, 4) is 23.1 Å². The summed E-state index contributed by atoms with van der Waals surface area (Å²) < 4.78 is 43.4. The van der Waals surface area contributed by atoms with E-state index >= 15 is 0 Å². The number of rotatable bonds is 2. The van der Waals surface area contributed by atoms with Crippen LogP contribution in [0.5, 0.6) is 5.75 Å². The van der Waals surface area contributed by atoms with Crippen molar-refractivity contribution in [3.63, 3.8) is 0 Å². The maximum absolute atomic E-state index is 12.8. The van der Waals surface area contributed by atoms with Crippen molar-refractivity contribution in [1.82, 2.24) is 9.97 Å². The van der Waals surface area contributed by atoms with Crippen molar-refractivity contribution in [1.29, 1.82) is 5.26 Å². The van der Waals surface area contributed by atoms with E-state index in [0.717, 1.165) is 24.5 Å². The molecule has 108 valence electrons. The first-order valence-electron chi connectivity index (χ1n) is 5.64. The molecule has 2 aromatic rings. The minimum absolute atomic E-state index is 0.0222. The molecule has 1 heterocycles. The fraction of sp³-hybridized carbons (Fsp3) is 0.154. The zero-order chi connectivity index (χ0) is 15.6. The van der Waals surface area contributed by atoms with E-state index in [0.29, 0.717) is 0 Å². The lowest BCUT2D eigenvalue weighted by Crippen LogP contribution is -2.07. The Morgan fingerprint density at radius 2 is 2.00 bits per heavy atom. The Morgan fingerprint density at radius 1 is 1.29 bits per heavy atom. The molecule has 0 saturated heterocycles. The summed E-state index contributed by atoms with van der Waals surface area (Å²) in [4.78, 5) is 7.57. The van der Waals surface area contributed by atoms with Crippen molar-refractivity contribution in [2.45, 2.75) is 6.18 Å². The molecule has 0 fully saturated rings. The van der Waals surface area contributed by atoms with Gasteiger partial charge in [0.2, 0.25) is 0 Å². The highest BCUT2D eigenvalue weighted by Crippen LogP contribution is 2.37. The van der Waals surface area contributed by atoms with Crippen LogP contribution in [-0.4, -0.2) is 17.1 Å². The first-order valence-corrected chi connectivity index (χ1v) is 5.64. The molecule has 8 heteroatoms. The molecule has 0 spiro atoms. The number of hydrogen-bond donors (Lipinski definition) is 1. The molecule has 0 saturated carbocycles. The molecule has 0 aliphatic carbocycles. The van der Waals surface area contributed by atoms with Crippen LogP contribution in [0.3, 0.4) is 0 Å². The standard InChI is InChI=1S/C13H9F3N4O/c1-21-12-10(5-17)19-6-20-11(12)8-4-7(13(14,15)16)2-3-9(8)18/h2-4,6H,18H2,1H3. The molecule has 0 aliphatic heterocycles. The molecule has 0 aliphatic rings. The highest BCUT2D eigenvalue weighted by molar-refractivity contribution is 5.79. The largest absolute Gasteiger partial charge is 0.492 e. The van der Waals surface area contributed by atoms with E-state index in [-0.39, 0.29) is 28.4 Å². The third-order valence-electron chi connectivity index (χ3n) is 2.75. The Bertz CT molecular complexity index is 722. The van der Waals surface area contributed by atoms with Crippen molar-refractivity contribution in [2.75, 3.05) is 12.8 Å². The van der Waals surface area contributed by atoms with E-state index in [1.807, 2.05) is 0 Å². The highest BCUT2D eigenvalue weighted by atomic mass is 19.4. The number of halogens is 3. The molecular weight excluding hydrogens is 285 g/mol. The second-order valence-electron chi connectivity index (χ2n) is 4.02. The van der Waals surface area contributed by atoms with Gasteiger partial charge in [0.15, 0.2) is 11.4 Å². The lowest BCUT2D eigenvalue weighted by atomic mass is 10.0. The number of nitriles is 1. The highest BCUT2D eigenvalue weighted by Gasteiger charge is 2.31. The van der Waals surface area contributed by atoms with Crippen LogP contribution >= 0.6 is 0 Å². The van der Waals surface area contributed by atoms with Crippen LogP contribution in [0.4, 0.5) is 18.9 Å². The van der Waals surface area contributed by atoms with Gasteiger partial charge in [-0.3, -0.25) is 0 Å². The van der Waals surface area contributed by atoms with Gasteiger partial charge in [-0.1, -0.05) is 0 Å².